The molecule has 1 saturated heterocycles. The largest absolute Gasteiger partial charge is 0.474 e. The lowest BCUT2D eigenvalue weighted by molar-refractivity contribution is 0.0769. The maximum Gasteiger partial charge on any atom is 0.255 e. The quantitative estimate of drug-likeness (QED) is 0.525. The number of rotatable bonds is 5. The molecular formula is C24H21Cl2N5O2. The summed E-state index contributed by atoms with van der Waals surface area (Å²) in [5.41, 5.74) is 2.62. The minimum absolute atomic E-state index is 0.0204. The number of aryl methyl sites for hydroxylation is 1. The van der Waals surface area contributed by atoms with Gasteiger partial charge in [0.1, 0.15) is 12.2 Å². The molecule has 0 unspecified atom stereocenters. The van der Waals surface area contributed by atoms with Gasteiger partial charge in [0.2, 0.25) is 5.88 Å². The van der Waals surface area contributed by atoms with Crippen molar-refractivity contribution in [2.24, 2.45) is 5.92 Å². The number of halogens is 2. The van der Waals surface area contributed by atoms with E-state index in [1.807, 2.05) is 25.1 Å². The van der Waals surface area contributed by atoms with Gasteiger partial charge < -0.3 is 9.64 Å². The summed E-state index contributed by atoms with van der Waals surface area (Å²) in [6.07, 6.45) is 2.69. The molecule has 168 valence electrons. The van der Waals surface area contributed by atoms with Crippen molar-refractivity contribution < 1.29 is 9.53 Å². The number of aromatic nitrogens is 3. The van der Waals surface area contributed by atoms with Gasteiger partial charge in [-0.05, 0) is 43.7 Å². The Bertz CT molecular complexity index is 1210. The lowest BCUT2D eigenvalue weighted by atomic mass is 9.86. The van der Waals surface area contributed by atoms with Crippen molar-refractivity contribution >= 4 is 29.1 Å². The van der Waals surface area contributed by atoms with Gasteiger partial charge in [-0.15, -0.1) is 0 Å². The number of nitrogens with zero attached hydrogens (tertiary/aromatic N) is 5. The number of carbonyl (C=O) groups excluding carboxylic acids is 1. The van der Waals surface area contributed by atoms with E-state index in [1.165, 1.54) is 12.4 Å². The molecule has 33 heavy (non-hydrogen) atoms. The molecule has 0 spiro atoms. The van der Waals surface area contributed by atoms with Crippen molar-refractivity contribution in [1.29, 1.82) is 5.26 Å². The van der Waals surface area contributed by atoms with E-state index in [-0.39, 0.29) is 23.8 Å². The third-order valence-corrected chi connectivity index (χ3v) is 6.56. The normalized spacial score (nSPS) is 18.6. The average Bonchev–Trinajstić information content (AvgIpc) is 3.26. The summed E-state index contributed by atoms with van der Waals surface area (Å²) < 4.78 is 6.12. The predicted molar refractivity (Wildman–Crippen MR) is 124 cm³/mol. The second-order valence-corrected chi connectivity index (χ2v) is 8.87. The minimum Gasteiger partial charge on any atom is -0.474 e. The van der Waals surface area contributed by atoms with Gasteiger partial charge in [-0.25, -0.2) is 4.98 Å². The van der Waals surface area contributed by atoms with E-state index >= 15 is 0 Å². The van der Waals surface area contributed by atoms with Crippen LogP contribution >= 0.6 is 23.2 Å². The molecule has 1 fully saturated rings. The minimum atomic E-state index is -0.264. The molecule has 0 saturated carbocycles. The maximum absolute atomic E-state index is 13.2. The second kappa shape index (κ2) is 9.74. The Morgan fingerprint density at radius 1 is 1.18 bits per heavy atom. The van der Waals surface area contributed by atoms with Crippen LogP contribution in [0.3, 0.4) is 0 Å². The Morgan fingerprint density at radius 3 is 2.67 bits per heavy atom. The van der Waals surface area contributed by atoms with Gasteiger partial charge in [0, 0.05) is 37.2 Å². The molecule has 0 bridgehead atoms. The van der Waals surface area contributed by atoms with Crippen LogP contribution < -0.4 is 4.74 Å². The summed E-state index contributed by atoms with van der Waals surface area (Å²) in [7, 11) is 0. The first-order chi connectivity index (χ1) is 15.9. The van der Waals surface area contributed by atoms with E-state index in [9.17, 15) is 4.79 Å². The summed E-state index contributed by atoms with van der Waals surface area (Å²) in [6.45, 7) is 4.75. The topological polar surface area (TPSA) is 92.0 Å². The molecular weight excluding hydrogens is 461 g/mol. The van der Waals surface area contributed by atoms with Crippen LogP contribution in [0.5, 0.6) is 5.88 Å². The van der Waals surface area contributed by atoms with E-state index in [0.29, 0.717) is 45.8 Å². The smallest absolute Gasteiger partial charge is 0.255 e. The number of likely N-dealkylation sites (tertiary alicyclic amines) is 1. The van der Waals surface area contributed by atoms with Gasteiger partial charge in [0.15, 0.2) is 0 Å². The number of nitriles is 1. The van der Waals surface area contributed by atoms with Crippen LogP contribution in [0.1, 0.15) is 40.0 Å². The van der Waals surface area contributed by atoms with Gasteiger partial charge in [-0.2, -0.15) is 15.5 Å². The van der Waals surface area contributed by atoms with E-state index in [1.54, 1.807) is 36.1 Å². The van der Waals surface area contributed by atoms with Crippen LogP contribution in [0.25, 0.3) is 0 Å². The second-order valence-electron chi connectivity index (χ2n) is 8.06. The van der Waals surface area contributed by atoms with Crippen molar-refractivity contribution in [3.8, 4) is 11.9 Å². The molecule has 0 radical (unpaired) electrons. The summed E-state index contributed by atoms with van der Waals surface area (Å²) in [4.78, 5) is 19.2. The molecule has 3 heterocycles. The Labute approximate surface area is 201 Å². The molecule has 1 amide bonds. The van der Waals surface area contributed by atoms with Crippen molar-refractivity contribution in [3.05, 3.63) is 81.2 Å². The van der Waals surface area contributed by atoms with Gasteiger partial charge in [0.05, 0.1) is 33.1 Å². The lowest BCUT2D eigenvalue weighted by Crippen LogP contribution is -2.32. The summed E-state index contributed by atoms with van der Waals surface area (Å²) in [5, 5.41) is 17.8. The SMILES string of the molecule is Cc1cc(C(=O)N2C[C@H]([C@H](C)Oc3ccc(C#N)cn3)[C@@H](c3ccc(Cl)c(Cl)c3)C2)cnn1. The summed E-state index contributed by atoms with van der Waals surface area (Å²) in [5.74, 6) is 0.268. The molecule has 3 atom stereocenters. The lowest BCUT2D eigenvalue weighted by Gasteiger charge is -2.25. The fourth-order valence-electron chi connectivity index (χ4n) is 4.13. The molecule has 1 aromatic carbocycles. The number of ether oxygens (including phenoxy) is 1. The molecule has 9 heteroatoms. The van der Waals surface area contributed by atoms with Gasteiger partial charge in [-0.3, -0.25) is 4.79 Å². The molecule has 4 rings (SSSR count). The molecule has 1 aliphatic rings. The van der Waals surface area contributed by atoms with Crippen LogP contribution in [0.4, 0.5) is 0 Å². The molecule has 2 aromatic heterocycles. The first-order valence-corrected chi connectivity index (χ1v) is 11.2. The molecule has 0 aliphatic carbocycles. The first-order valence-electron chi connectivity index (χ1n) is 10.4. The average molecular weight is 482 g/mol. The van der Waals surface area contributed by atoms with E-state index in [2.05, 4.69) is 15.2 Å². The number of amides is 1. The molecule has 1 aliphatic heterocycles. The monoisotopic (exact) mass is 481 g/mol. The molecule has 7 nitrogen and oxygen atoms in total. The fourth-order valence-corrected chi connectivity index (χ4v) is 4.44. The Kier molecular flexibility index (Phi) is 6.77. The number of hydrogen-bond acceptors (Lipinski definition) is 6. The number of hydrogen-bond donors (Lipinski definition) is 0. The highest BCUT2D eigenvalue weighted by atomic mass is 35.5. The number of benzene rings is 1. The first kappa shape index (κ1) is 23.0. The van der Waals surface area contributed by atoms with Crippen LogP contribution in [-0.4, -0.2) is 45.2 Å². The maximum atomic E-state index is 13.2. The highest BCUT2D eigenvalue weighted by Gasteiger charge is 2.40. The van der Waals surface area contributed by atoms with Crippen molar-refractivity contribution in [2.45, 2.75) is 25.9 Å². The zero-order valence-corrected chi connectivity index (χ0v) is 19.6. The van der Waals surface area contributed by atoms with E-state index < -0.39 is 0 Å². The van der Waals surface area contributed by atoms with Gasteiger partial charge in [-0.1, -0.05) is 29.3 Å². The van der Waals surface area contributed by atoms with Crippen LogP contribution in [-0.2, 0) is 0 Å². The highest BCUT2D eigenvalue weighted by Crippen LogP contribution is 2.38. The number of carbonyl (C=O) groups is 1. The zero-order chi connectivity index (χ0) is 23.5. The van der Waals surface area contributed by atoms with E-state index in [4.69, 9.17) is 33.2 Å². The molecule has 0 N–H and O–H groups in total. The standard InChI is InChI=1S/C24H21Cl2N5O2/c1-14-7-18(11-29-30-14)24(32)31-12-19(15(2)33-23-6-3-16(9-27)10-28-23)20(13-31)17-4-5-21(25)22(26)8-17/h3-8,10-11,15,19-20H,12-13H2,1-2H3/t15-,19+,20+/m0/s1. The third kappa shape index (κ3) is 5.08. The fraction of sp³-hybridized carbons (Fsp3) is 0.292. The molecule has 3 aromatic rings. The third-order valence-electron chi connectivity index (χ3n) is 5.82. The van der Waals surface area contributed by atoms with Crippen molar-refractivity contribution in [2.75, 3.05) is 13.1 Å². The van der Waals surface area contributed by atoms with Crippen LogP contribution in [0.15, 0.2) is 48.8 Å². The van der Waals surface area contributed by atoms with Crippen molar-refractivity contribution in [1.82, 2.24) is 20.1 Å². The predicted octanol–water partition coefficient (Wildman–Crippen LogP) is 4.68. The Hall–Kier alpha value is -3.21. The van der Waals surface area contributed by atoms with Crippen molar-refractivity contribution in [3.63, 3.8) is 0 Å². The van der Waals surface area contributed by atoms with Gasteiger partial charge >= 0.3 is 0 Å². The summed E-state index contributed by atoms with van der Waals surface area (Å²) in [6, 6.07) is 12.7. The van der Waals surface area contributed by atoms with Crippen LogP contribution in [0.2, 0.25) is 10.0 Å². The van der Waals surface area contributed by atoms with Crippen LogP contribution in [0, 0.1) is 24.2 Å². The zero-order valence-electron chi connectivity index (χ0n) is 18.1. The Morgan fingerprint density at radius 2 is 2.00 bits per heavy atom. The Balaban J connectivity index is 1.61. The number of pyridine rings is 1. The summed E-state index contributed by atoms with van der Waals surface area (Å²) >= 11 is 12.4. The van der Waals surface area contributed by atoms with E-state index in [0.717, 1.165) is 5.56 Å². The highest BCUT2D eigenvalue weighted by molar-refractivity contribution is 6.42. The van der Waals surface area contributed by atoms with Gasteiger partial charge in [0.25, 0.3) is 5.91 Å².